The zero-order chi connectivity index (χ0) is 18.8. The van der Waals surface area contributed by atoms with Crippen LogP contribution in [-0.2, 0) is 27.4 Å². The van der Waals surface area contributed by atoms with Crippen LogP contribution in [0.5, 0.6) is 5.75 Å². The van der Waals surface area contributed by atoms with Gasteiger partial charge in [0.25, 0.3) is 0 Å². The Balaban J connectivity index is 1.68. The van der Waals surface area contributed by atoms with Crippen LogP contribution in [0.1, 0.15) is 29.2 Å². The lowest BCUT2D eigenvalue weighted by molar-refractivity contribution is -0.194. The second kappa shape index (κ2) is 7.30. The summed E-state index contributed by atoms with van der Waals surface area (Å²) in [6.07, 6.45) is 0.699. The van der Waals surface area contributed by atoms with Gasteiger partial charge in [-0.05, 0) is 36.8 Å². The van der Waals surface area contributed by atoms with E-state index in [4.69, 9.17) is 14.5 Å². The Kier molecular flexibility index (Phi) is 4.70. The Labute approximate surface area is 156 Å². The number of amides is 1. The SMILES string of the molecule is COCC(=O)Nc1ccc(C2=NN=C(C)Cc3cc4c(cc32)COO4)cc1. The highest BCUT2D eigenvalue weighted by atomic mass is 17.2. The van der Waals surface area contributed by atoms with Crippen molar-refractivity contribution in [2.75, 3.05) is 19.0 Å². The highest BCUT2D eigenvalue weighted by Crippen LogP contribution is 2.32. The first-order valence-electron chi connectivity index (χ1n) is 8.60. The summed E-state index contributed by atoms with van der Waals surface area (Å²) >= 11 is 0. The molecule has 138 valence electrons. The van der Waals surface area contributed by atoms with E-state index in [1.54, 1.807) is 0 Å². The van der Waals surface area contributed by atoms with Crippen molar-refractivity contribution in [3.63, 3.8) is 0 Å². The van der Waals surface area contributed by atoms with E-state index in [0.29, 0.717) is 18.7 Å². The summed E-state index contributed by atoms with van der Waals surface area (Å²) in [7, 11) is 1.49. The fourth-order valence-electron chi connectivity index (χ4n) is 3.13. The van der Waals surface area contributed by atoms with Crippen LogP contribution in [0.15, 0.2) is 46.6 Å². The number of anilines is 1. The molecule has 0 aliphatic carbocycles. The third kappa shape index (κ3) is 3.60. The van der Waals surface area contributed by atoms with E-state index in [-0.39, 0.29) is 12.5 Å². The van der Waals surface area contributed by atoms with Gasteiger partial charge >= 0.3 is 0 Å². The Hall–Kier alpha value is -3.03. The largest absolute Gasteiger partial charge is 0.375 e. The molecule has 2 aromatic rings. The minimum absolute atomic E-state index is 0.0189. The molecule has 0 saturated carbocycles. The molecule has 0 bridgehead atoms. The molecular formula is C20H19N3O4. The molecule has 0 spiro atoms. The Morgan fingerprint density at radius 1 is 1.19 bits per heavy atom. The number of nitrogens with one attached hydrogen (secondary N) is 1. The number of hydrogen-bond acceptors (Lipinski definition) is 6. The molecule has 0 unspecified atom stereocenters. The van der Waals surface area contributed by atoms with E-state index in [1.165, 1.54) is 7.11 Å². The van der Waals surface area contributed by atoms with E-state index in [1.807, 2.05) is 37.3 Å². The highest BCUT2D eigenvalue weighted by molar-refractivity contribution is 6.15. The zero-order valence-electron chi connectivity index (χ0n) is 15.1. The number of hydrogen-bond donors (Lipinski definition) is 1. The van der Waals surface area contributed by atoms with Crippen LogP contribution < -0.4 is 10.2 Å². The van der Waals surface area contributed by atoms with E-state index in [9.17, 15) is 4.79 Å². The van der Waals surface area contributed by atoms with E-state index in [0.717, 1.165) is 39.4 Å². The van der Waals surface area contributed by atoms with Crippen molar-refractivity contribution in [2.24, 2.45) is 10.2 Å². The van der Waals surface area contributed by atoms with Crippen LogP contribution in [0.3, 0.4) is 0 Å². The summed E-state index contributed by atoms with van der Waals surface area (Å²) in [4.78, 5) is 22.0. The van der Waals surface area contributed by atoms with Gasteiger partial charge in [-0.2, -0.15) is 9.99 Å². The first-order valence-corrected chi connectivity index (χ1v) is 8.60. The molecule has 7 nitrogen and oxygen atoms in total. The number of methoxy groups -OCH3 is 1. The molecule has 0 radical (unpaired) electrons. The number of carbonyl (C=O) groups is 1. The van der Waals surface area contributed by atoms with Gasteiger partial charge < -0.3 is 14.9 Å². The Morgan fingerprint density at radius 2 is 2.00 bits per heavy atom. The van der Waals surface area contributed by atoms with Crippen molar-refractivity contribution < 1.29 is 19.3 Å². The molecule has 0 fully saturated rings. The first-order chi connectivity index (χ1) is 13.1. The average Bonchev–Trinajstić information content (AvgIpc) is 3.04. The first kappa shape index (κ1) is 17.4. The molecule has 2 heterocycles. The van der Waals surface area contributed by atoms with Gasteiger partial charge in [0.15, 0.2) is 5.75 Å². The van der Waals surface area contributed by atoms with Crippen LogP contribution >= 0.6 is 0 Å². The maximum Gasteiger partial charge on any atom is 0.250 e. The fraction of sp³-hybridized carbons (Fsp3) is 0.250. The zero-order valence-corrected chi connectivity index (χ0v) is 15.1. The number of nitrogens with zero attached hydrogens (tertiary/aromatic N) is 2. The molecule has 1 amide bonds. The van der Waals surface area contributed by atoms with Gasteiger partial charge in [0.05, 0.1) is 0 Å². The number of rotatable bonds is 4. The van der Waals surface area contributed by atoms with Crippen molar-refractivity contribution in [1.82, 2.24) is 0 Å². The van der Waals surface area contributed by atoms with E-state index >= 15 is 0 Å². The van der Waals surface area contributed by atoms with Gasteiger partial charge in [-0.1, -0.05) is 12.1 Å². The van der Waals surface area contributed by atoms with Gasteiger partial charge in [0, 0.05) is 41.6 Å². The highest BCUT2D eigenvalue weighted by Gasteiger charge is 2.22. The van der Waals surface area contributed by atoms with Crippen LogP contribution in [-0.4, -0.2) is 31.0 Å². The summed E-state index contributed by atoms with van der Waals surface area (Å²) in [6.45, 7) is 2.39. The van der Waals surface area contributed by atoms with Crippen LogP contribution in [0.2, 0.25) is 0 Å². The summed E-state index contributed by atoms with van der Waals surface area (Å²) in [5.74, 6) is 0.553. The predicted molar refractivity (Wildman–Crippen MR) is 101 cm³/mol. The minimum Gasteiger partial charge on any atom is -0.375 e. The maximum atomic E-state index is 11.7. The summed E-state index contributed by atoms with van der Waals surface area (Å²) < 4.78 is 4.83. The summed E-state index contributed by atoms with van der Waals surface area (Å²) in [5.41, 5.74) is 6.42. The van der Waals surface area contributed by atoms with Gasteiger partial charge in [-0.3, -0.25) is 4.79 Å². The van der Waals surface area contributed by atoms with Crippen molar-refractivity contribution in [3.8, 4) is 5.75 Å². The lowest BCUT2D eigenvalue weighted by Gasteiger charge is -2.11. The topological polar surface area (TPSA) is 81.5 Å². The second-order valence-corrected chi connectivity index (χ2v) is 6.48. The van der Waals surface area contributed by atoms with Gasteiger partial charge in [-0.15, -0.1) is 5.10 Å². The third-order valence-electron chi connectivity index (χ3n) is 4.39. The minimum atomic E-state index is -0.196. The van der Waals surface area contributed by atoms with Crippen LogP contribution in [0, 0.1) is 0 Å². The summed E-state index contributed by atoms with van der Waals surface area (Å²) in [6, 6.07) is 11.6. The molecule has 7 heteroatoms. The monoisotopic (exact) mass is 365 g/mol. The van der Waals surface area contributed by atoms with Crippen LogP contribution in [0.25, 0.3) is 0 Å². The standard InChI is InChI=1S/C20H19N3O4/c1-12-7-14-9-18-15(10-26-27-18)8-17(14)20(23-22-12)13-3-5-16(6-4-13)21-19(24)11-25-2/h3-6,8-9H,7,10-11H2,1-2H3,(H,21,24). The Bertz CT molecular complexity index is 948. The average molecular weight is 365 g/mol. The van der Waals surface area contributed by atoms with E-state index in [2.05, 4.69) is 21.6 Å². The molecule has 27 heavy (non-hydrogen) atoms. The third-order valence-corrected chi connectivity index (χ3v) is 4.39. The number of carbonyl (C=O) groups excluding carboxylic acids is 1. The number of ether oxygens (including phenoxy) is 1. The lowest BCUT2D eigenvalue weighted by Crippen LogP contribution is -2.17. The summed E-state index contributed by atoms with van der Waals surface area (Å²) in [5, 5.41) is 11.6. The molecule has 2 aromatic carbocycles. The van der Waals surface area contributed by atoms with Crippen molar-refractivity contribution >= 4 is 23.0 Å². The fourth-order valence-corrected chi connectivity index (χ4v) is 3.13. The molecular weight excluding hydrogens is 346 g/mol. The molecule has 0 atom stereocenters. The van der Waals surface area contributed by atoms with Crippen molar-refractivity contribution in [1.29, 1.82) is 0 Å². The van der Waals surface area contributed by atoms with Crippen molar-refractivity contribution in [3.05, 3.63) is 58.7 Å². The van der Waals surface area contributed by atoms with Gasteiger partial charge in [0.2, 0.25) is 5.91 Å². The van der Waals surface area contributed by atoms with E-state index < -0.39 is 0 Å². The molecule has 0 aromatic heterocycles. The Morgan fingerprint density at radius 3 is 2.78 bits per heavy atom. The molecule has 2 aliphatic heterocycles. The predicted octanol–water partition coefficient (Wildman–Crippen LogP) is 2.86. The molecule has 1 N–H and O–H groups in total. The molecule has 4 rings (SSSR count). The lowest BCUT2D eigenvalue weighted by atomic mass is 9.93. The normalized spacial score (nSPS) is 15.0. The second-order valence-electron chi connectivity index (χ2n) is 6.48. The number of benzene rings is 2. The number of fused-ring (bicyclic) bond motifs is 2. The molecule has 0 saturated heterocycles. The van der Waals surface area contributed by atoms with Crippen LogP contribution in [0.4, 0.5) is 5.69 Å². The van der Waals surface area contributed by atoms with Gasteiger partial charge in [-0.25, -0.2) is 0 Å². The maximum absolute atomic E-state index is 11.7. The van der Waals surface area contributed by atoms with Gasteiger partial charge in [0.1, 0.15) is 18.9 Å². The quantitative estimate of drug-likeness (QED) is 0.845. The van der Waals surface area contributed by atoms with Crippen molar-refractivity contribution in [2.45, 2.75) is 20.0 Å². The smallest absolute Gasteiger partial charge is 0.250 e. The molecule has 2 aliphatic rings.